The van der Waals surface area contributed by atoms with Crippen LogP contribution in [0.15, 0.2) is 42.7 Å². The normalized spacial score (nSPS) is 11.7. The van der Waals surface area contributed by atoms with Crippen LogP contribution in [0.25, 0.3) is 10.9 Å². The zero-order chi connectivity index (χ0) is 27.5. The molecule has 2 aromatic heterocycles. The largest absolute Gasteiger partial charge is 0.372 e. The molecule has 0 aliphatic carbocycles. The second kappa shape index (κ2) is 13.8. The van der Waals surface area contributed by atoms with Crippen molar-refractivity contribution in [1.82, 2.24) is 35.3 Å². The van der Waals surface area contributed by atoms with Crippen LogP contribution in [0.3, 0.4) is 0 Å². The molecule has 3 aromatic rings. The van der Waals surface area contributed by atoms with Crippen LogP contribution in [-0.4, -0.2) is 89.1 Å². The number of H-pyrrole nitrogens is 1. The average Bonchev–Trinajstić information content (AvgIpc) is 3.37. The van der Waals surface area contributed by atoms with E-state index in [1.165, 1.54) is 11.0 Å². The predicted octanol–water partition coefficient (Wildman–Crippen LogP) is 2.35. The number of anilines is 3. The minimum Gasteiger partial charge on any atom is -0.372 e. The third-order valence-electron chi connectivity index (χ3n) is 5.76. The molecule has 200 valence electrons. The van der Waals surface area contributed by atoms with E-state index in [0.29, 0.717) is 43.3 Å². The number of likely N-dealkylation sites (N-methyl/N-ethyl adjacent to an activating group) is 2. The van der Waals surface area contributed by atoms with Crippen molar-refractivity contribution in [2.24, 2.45) is 0 Å². The van der Waals surface area contributed by atoms with Gasteiger partial charge in [0.2, 0.25) is 17.8 Å². The summed E-state index contributed by atoms with van der Waals surface area (Å²) in [5.74, 6) is 6.87. The Balaban J connectivity index is 1.46. The number of fused-ring (bicyclic) bond motifs is 1. The molecule has 0 aliphatic rings. The molecular weight excluding hydrogens is 482 g/mol. The number of benzene rings is 1. The first-order valence-electron chi connectivity index (χ1n) is 12.4. The molecule has 11 nitrogen and oxygen atoms in total. The Morgan fingerprint density at radius 1 is 1.21 bits per heavy atom. The lowest BCUT2D eigenvalue weighted by atomic mass is 10.2. The second-order valence-corrected chi connectivity index (χ2v) is 8.99. The number of hydrogen-bond donors (Lipinski definition) is 4. The van der Waals surface area contributed by atoms with Gasteiger partial charge >= 0.3 is 0 Å². The Hall–Kier alpha value is -4.43. The van der Waals surface area contributed by atoms with E-state index in [1.807, 2.05) is 37.2 Å². The number of hydrogen-bond acceptors (Lipinski definition) is 8. The molecular formula is C27H35N9O2. The number of unbranched alkanes of at least 4 members (excludes halogenated alkanes) is 1. The molecule has 3 rings (SSSR count). The molecule has 0 fully saturated rings. The lowest BCUT2D eigenvalue weighted by Gasteiger charge is -2.23. The number of nitrogens with zero attached hydrogens (tertiary/aromatic N) is 5. The molecule has 0 saturated carbocycles. The average molecular weight is 518 g/mol. The van der Waals surface area contributed by atoms with E-state index in [1.54, 1.807) is 39.5 Å². The number of nitrogens with one attached hydrogen (secondary N) is 4. The summed E-state index contributed by atoms with van der Waals surface area (Å²) in [5.41, 5.74) is 2.49. The highest BCUT2D eigenvalue weighted by Gasteiger charge is 2.20. The maximum Gasteiger partial charge on any atom is 0.246 e. The number of amides is 2. The zero-order valence-electron chi connectivity index (χ0n) is 22.5. The van der Waals surface area contributed by atoms with Crippen molar-refractivity contribution in [2.45, 2.75) is 25.8 Å². The molecule has 38 heavy (non-hydrogen) atoms. The van der Waals surface area contributed by atoms with E-state index < -0.39 is 6.04 Å². The maximum absolute atomic E-state index is 12.4. The molecule has 1 atom stereocenters. The summed E-state index contributed by atoms with van der Waals surface area (Å²) in [6.07, 6.45) is 7.97. The lowest BCUT2D eigenvalue weighted by Crippen LogP contribution is -2.45. The predicted molar refractivity (Wildman–Crippen MR) is 150 cm³/mol. The van der Waals surface area contributed by atoms with Gasteiger partial charge in [-0.15, -0.1) is 0 Å². The third-order valence-corrected chi connectivity index (χ3v) is 5.76. The number of rotatable bonds is 11. The number of carbonyl (C=O) groups excluding carboxylic acids is 2. The SMILES string of the molecule is CNc1nc(Nc2ccc3[nH]ncc3c2)ncc1C#CCCCNC(=O)[C@H](C)N(C)C(=O)/C=C/CN(C)C. The van der Waals surface area contributed by atoms with Gasteiger partial charge in [0.15, 0.2) is 0 Å². The van der Waals surface area contributed by atoms with Crippen molar-refractivity contribution >= 4 is 40.2 Å². The van der Waals surface area contributed by atoms with Crippen LogP contribution in [-0.2, 0) is 9.59 Å². The van der Waals surface area contributed by atoms with E-state index in [9.17, 15) is 9.59 Å². The van der Waals surface area contributed by atoms with Crippen molar-refractivity contribution in [3.8, 4) is 11.8 Å². The Morgan fingerprint density at radius 2 is 2.03 bits per heavy atom. The quantitative estimate of drug-likeness (QED) is 0.173. The highest BCUT2D eigenvalue weighted by atomic mass is 16.2. The summed E-state index contributed by atoms with van der Waals surface area (Å²) in [5, 5.41) is 17.1. The molecule has 0 spiro atoms. The topological polar surface area (TPSA) is 131 Å². The molecule has 0 saturated heterocycles. The molecule has 1 aromatic carbocycles. The minimum atomic E-state index is -0.568. The number of aromatic amines is 1. The molecule has 4 N–H and O–H groups in total. The van der Waals surface area contributed by atoms with E-state index in [0.717, 1.165) is 16.6 Å². The first kappa shape index (κ1) is 28.1. The zero-order valence-corrected chi connectivity index (χ0v) is 22.5. The summed E-state index contributed by atoms with van der Waals surface area (Å²) >= 11 is 0. The van der Waals surface area contributed by atoms with Gasteiger partial charge in [-0.2, -0.15) is 10.1 Å². The molecule has 0 bridgehead atoms. The van der Waals surface area contributed by atoms with Gasteiger partial charge in [0.1, 0.15) is 11.9 Å². The van der Waals surface area contributed by atoms with Gasteiger partial charge in [0, 0.05) is 50.8 Å². The highest BCUT2D eigenvalue weighted by molar-refractivity contribution is 5.92. The maximum atomic E-state index is 12.4. The summed E-state index contributed by atoms with van der Waals surface area (Å²) in [4.78, 5) is 36.9. The summed E-state index contributed by atoms with van der Waals surface area (Å²) in [7, 11) is 7.25. The van der Waals surface area contributed by atoms with Gasteiger partial charge in [-0.3, -0.25) is 14.7 Å². The Labute approximate surface area is 223 Å². The van der Waals surface area contributed by atoms with Gasteiger partial charge in [0.05, 0.1) is 23.5 Å². The van der Waals surface area contributed by atoms with E-state index in [2.05, 4.69) is 48.0 Å². The van der Waals surface area contributed by atoms with Crippen molar-refractivity contribution in [1.29, 1.82) is 0 Å². The van der Waals surface area contributed by atoms with E-state index in [4.69, 9.17) is 0 Å². The van der Waals surface area contributed by atoms with Gasteiger partial charge < -0.3 is 25.8 Å². The second-order valence-electron chi connectivity index (χ2n) is 8.99. The Bertz CT molecular complexity index is 1340. The first-order chi connectivity index (χ1) is 18.3. The molecule has 2 amide bonds. The van der Waals surface area contributed by atoms with Crippen LogP contribution in [0, 0.1) is 11.8 Å². The van der Waals surface area contributed by atoms with Crippen LogP contribution in [0.1, 0.15) is 25.3 Å². The minimum absolute atomic E-state index is 0.198. The highest BCUT2D eigenvalue weighted by Crippen LogP contribution is 2.20. The van der Waals surface area contributed by atoms with E-state index >= 15 is 0 Å². The van der Waals surface area contributed by atoms with Crippen LogP contribution >= 0.6 is 0 Å². The smallest absolute Gasteiger partial charge is 0.246 e. The lowest BCUT2D eigenvalue weighted by molar-refractivity contribution is -0.135. The van der Waals surface area contributed by atoms with Gasteiger partial charge in [-0.05, 0) is 45.6 Å². The molecule has 2 heterocycles. The fraction of sp³-hybridized carbons (Fsp3) is 0.370. The van der Waals surface area contributed by atoms with Gasteiger partial charge in [-0.1, -0.05) is 17.9 Å². The Kier molecular flexibility index (Phi) is 10.2. The van der Waals surface area contributed by atoms with Crippen molar-refractivity contribution < 1.29 is 9.59 Å². The van der Waals surface area contributed by atoms with Crippen LogP contribution in [0.2, 0.25) is 0 Å². The number of aromatic nitrogens is 4. The van der Waals surface area contributed by atoms with E-state index in [-0.39, 0.29) is 11.8 Å². The number of carbonyl (C=O) groups is 2. The monoisotopic (exact) mass is 517 g/mol. The Morgan fingerprint density at radius 3 is 2.79 bits per heavy atom. The molecule has 0 unspecified atom stereocenters. The molecule has 0 aliphatic heterocycles. The standard InChI is InChI=1S/C27H35N9O2/c1-19(36(5)24(37)11-9-15-35(3)4)26(38)29-14-8-6-7-10-20-17-30-27(33-25(20)28-2)32-22-12-13-23-21(16-22)18-31-34-23/h9,11-13,16-19H,6,8,14-15H2,1-5H3,(H,29,38)(H,31,34)(H2,28,30,32,33)/b11-9+/t19-/m0/s1. The summed E-state index contributed by atoms with van der Waals surface area (Å²) in [6.45, 7) is 2.84. The fourth-order valence-corrected chi connectivity index (χ4v) is 3.42. The van der Waals surface area contributed by atoms with Crippen LogP contribution < -0.4 is 16.0 Å². The van der Waals surface area contributed by atoms with Crippen LogP contribution in [0.4, 0.5) is 17.5 Å². The van der Waals surface area contributed by atoms with Gasteiger partial charge in [0.25, 0.3) is 0 Å². The third kappa shape index (κ3) is 8.04. The van der Waals surface area contributed by atoms with Gasteiger partial charge in [-0.25, -0.2) is 4.98 Å². The molecule has 11 heteroatoms. The first-order valence-corrected chi connectivity index (χ1v) is 12.4. The summed E-state index contributed by atoms with van der Waals surface area (Å²) < 4.78 is 0. The summed E-state index contributed by atoms with van der Waals surface area (Å²) in [6, 6.07) is 5.26. The van der Waals surface area contributed by atoms with Crippen LogP contribution in [0.5, 0.6) is 0 Å². The van der Waals surface area contributed by atoms with Crippen molar-refractivity contribution in [2.75, 3.05) is 51.9 Å². The fourth-order valence-electron chi connectivity index (χ4n) is 3.42. The van der Waals surface area contributed by atoms with Crippen molar-refractivity contribution in [3.05, 3.63) is 48.3 Å². The molecule has 0 radical (unpaired) electrons. The van der Waals surface area contributed by atoms with Crippen molar-refractivity contribution in [3.63, 3.8) is 0 Å².